The summed E-state index contributed by atoms with van der Waals surface area (Å²) in [6, 6.07) is 0. The van der Waals surface area contributed by atoms with E-state index < -0.39 is 22.8 Å². The summed E-state index contributed by atoms with van der Waals surface area (Å²) < 4.78 is 0. The number of hydrogen-bond acceptors (Lipinski definition) is 2. The fraction of sp³-hybridized carbons (Fsp3) is 0.917. The highest BCUT2D eigenvalue weighted by Gasteiger charge is 2.59. The Morgan fingerprint density at radius 2 is 0.714 bits per heavy atom. The Kier molecular flexibility index (Phi) is 14.3. The summed E-state index contributed by atoms with van der Waals surface area (Å²) in [5, 5.41) is 20.9. The summed E-state index contributed by atoms with van der Waals surface area (Å²) >= 11 is 0. The molecule has 0 aliphatic carbocycles. The Labute approximate surface area is 173 Å². The molecular weight excluding hydrogens is 352 g/mol. The normalized spacial score (nSPS) is 12.3. The standard InChI is InChI=1S/C24H46O4/c1-5-9-13-17-23(21(25)26,18-14-10-6-2)24(22(27)28,19-15-11-7-3)20-16-12-8-4/h5-20H2,1-4H3,(H,25,26)(H,27,28). The van der Waals surface area contributed by atoms with Gasteiger partial charge >= 0.3 is 11.9 Å². The summed E-state index contributed by atoms with van der Waals surface area (Å²) in [5.74, 6) is -1.76. The van der Waals surface area contributed by atoms with Gasteiger partial charge in [-0.1, -0.05) is 105 Å². The van der Waals surface area contributed by atoms with Gasteiger partial charge in [-0.15, -0.1) is 0 Å². The predicted octanol–water partition coefficient (Wildman–Crippen LogP) is 7.45. The van der Waals surface area contributed by atoms with Crippen LogP contribution in [-0.4, -0.2) is 22.2 Å². The number of hydrogen-bond donors (Lipinski definition) is 2. The first-order chi connectivity index (χ1) is 13.4. The van der Waals surface area contributed by atoms with Gasteiger partial charge in [0, 0.05) is 0 Å². The van der Waals surface area contributed by atoms with Crippen LogP contribution in [0.3, 0.4) is 0 Å². The summed E-state index contributed by atoms with van der Waals surface area (Å²) in [7, 11) is 0. The lowest BCUT2D eigenvalue weighted by atomic mass is 9.54. The van der Waals surface area contributed by atoms with Crippen LogP contribution >= 0.6 is 0 Å². The van der Waals surface area contributed by atoms with E-state index in [0.29, 0.717) is 25.7 Å². The van der Waals surface area contributed by atoms with Crippen molar-refractivity contribution in [2.45, 2.75) is 130 Å². The third kappa shape index (κ3) is 7.40. The first kappa shape index (κ1) is 26.9. The zero-order chi connectivity index (χ0) is 21.5. The van der Waals surface area contributed by atoms with E-state index in [1.54, 1.807) is 0 Å². The van der Waals surface area contributed by atoms with Gasteiger partial charge in [-0.3, -0.25) is 9.59 Å². The molecule has 0 atom stereocenters. The molecule has 28 heavy (non-hydrogen) atoms. The molecule has 0 aliphatic rings. The molecular formula is C24H46O4. The van der Waals surface area contributed by atoms with Gasteiger partial charge in [0.25, 0.3) is 0 Å². The lowest BCUT2D eigenvalue weighted by Crippen LogP contribution is -2.53. The van der Waals surface area contributed by atoms with Crippen molar-refractivity contribution >= 4 is 11.9 Å². The summed E-state index contributed by atoms with van der Waals surface area (Å²) in [6.45, 7) is 8.41. The maximum atomic E-state index is 12.8. The highest BCUT2D eigenvalue weighted by atomic mass is 16.4. The lowest BCUT2D eigenvalue weighted by Gasteiger charge is -2.46. The van der Waals surface area contributed by atoms with Gasteiger partial charge < -0.3 is 10.2 Å². The molecule has 0 radical (unpaired) electrons. The molecule has 0 aromatic heterocycles. The van der Waals surface area contributed by atoms with Crippen molar-refractivity contribution in [3.05, 3.63) is 0 Å². The molecule has 4 nitrogen and oxygen atoms in total. The highest BCUT2D eigenvalue weighted by Crippen LogP contribution is 2.54. The van der Waals surface area contributed by atoms with E-state index in [-0.39, 0.29) is 0 Å². The average molecular weight is 399 g/mol. The second-order valence-electron chi connectivity index (χ2n) is 8.60. The van der Waals surface area contributed by atoms with Crippen molar-refractivity contribution in [1.82, 2.24) is 0 Å². The predicted molar refractivity (Wildman–Crippen MR) is 117 cm³/mol. The zero-order valence-electron chi connectivity index (χ0n) is 19.0. The van der Waals surface area contributed by atoms with E-state index in [2.05, 4.69) is 27.7 Å². The molecule has 166 valence electrons. The third-order valence-electron chi connectivity index (χ3n) is 6.56. The van der Waals surface area contributed by atoms with Gasteiger partial charge in [-0.05, 0) is 25.7 Å². The Hall–Kier alpha value is -1.06. The molecule has 0 fully saturated rings. The third-order valence-corrected chi connectivity index (χ3v) is 6.56. The largest absolute Gasteiger partial charge is 0.481 e. The zero-order valence-corrected chi connectivity index (χ0v) is 19.0. The van der Waals surface area contributed by atoms with Gasteiger partial charge in [-0.2, -0.15) is 0 Å². The molecule has 0 bridgehead atoms. The molecule has 2 N–H and O–H groups in total. The monoisotopic (exact) mass is 398 g/mol. The first-order valence-electron chi connectivity index (χ1n) is 11.8. The molecule has 0 aliphatic heterocycles. The minimum atomic E-state index is -1.15. The Morgan fingerprint density at radius 1 is 0.500 bits per heavy atom. The summed E-state index contributed by atoms with van der Waals surface area (Å²) in [6.07, 6.45) is 13.0. The van der Waals surface area contributed by atoms with Crippen molar-refractivity contribution in [3.63, 3.8) is 0 Å². The number of unbranched alkanes of at least 4 members (excludes halogenated alkanes) is 8. The fourth-order valence-corrected chi connectivity index (χ4v) is 4.75. The molecule has 0 rings (SSSR count). The van der Waals surface area contributed by atoms with Crippen LogP contribution in [0.2, 0.25) is 0 Å². The van der Waals surface area contributed by atoms with Gasteiger partial charge in [0.05, 0.1) is 10.8 Å². The van der Waals surface area contributed by atoms with Crippen molar-refractivity contribution in [2.24, 2.45) is 10.8 Å². The van der Waals surface area contributed by atoms with Gasteiger partial charge in [-0.25, -0.2) is 0 Å². The summed E-state index contributed by atoms with van der Waals surface area (Å²) in [5.41, 5.74) is -2.30. The lowest BCUT2D eigenvalue weighted by molar-refractivity contribution is -0.179. The molecule has 0 saturated heterocycles. The minimum Gasteiger partial charge on any atom is -0.481 e. The van der Waals surface area contributed by atoms with Gasteiger partial charge in [0.1, 0.15) is 0 Å². The Morgan fingerprint density at radius 3 is 0.857 bits per heavy atom. The maximum absolute atomic E-state index is 12.8. The highest BCUT2D eigenvalue weighted by molar-refractivity contribution is 5.86. The molecule has 0 aromatic rings. The van der Waals surface area contributed by atoms with Crippen LogP contribution in [0.25, 0.3) is 0 Å². The minimum absolute atomic E-state index is 0.491. The van der Waals surface area contributed by atoms with E-state index in [9.17, 15) is 19.8 Å². The fourth-order valence-electron chi connectivity index (χ4n) is 4.75. The topological polar surface area (TPSA) is 74.6 Å². The van der Waals surface area contributed by atoms with Crippen LogP contribution < -0.4 is 0 Å². The van der Waals surface area contributed by atoms with Crippen LogP contribution in [0.4, 0.5) is 0 Å². The molecule has 0 spiro atoms. The van der Waals surface area contributed by atoms with Gasteiger partial charge in [0.15, 0.2) is 0 Å². The smallest absolute Gasteiger partial charge is 0.310 e. The molecule has 0 saturated carbocycles. The van der Waals surface area contributed by atoms with E-state index in [4.69, 9.17) is 0 Å². The van der Waals surface area contributed by atoms with Crippen molar-refractivity contribution in [2.75, 3.05) is 0 Å². The molecule has 4 heteroatoms. The van der Waals surface area contributed by atoms with E-state index >= 15 is 0 Å². The van der Waals surface area contributed by atoms with E-state index in [1.165, 1.54) is 0 Å². The number of carboxylic acid groups (broad SMARTS) is 2. The molecule has 0 aromatic carbocycles. The molecule has 0 unspecified atom stereocenters. The second kappa shape index (κ2) is 14.9. The van der Waals surface area contributed by atoms with Crippen LogP contribution in [0.1, 0.15) is 130 Å². The quantitative estimate of drug-likeness (QED) is 0.222. The van der Waals surface area contributed by atoms with Gasteiger partial charge in [0.2, 0.25) is 0 Å². The number of carbonyl (C=O) groups is 2. The maximum Gasteiger partial charge on any atom is 0.310 e. The van der Waals surface area contributed by atoms with E-state index in [1.807, 2.05) is 0 Å². The average Bonchev–Trinajstić information content (AvgIpc) is 2.65. The van der Waals surface area contributed by atoms with Crippen LogP contribution in [0.15, 0.2) is 0 Å². The summed E-state index contributed by atoms with van der Waals surface area (Å²) in [4.78, 5) is 25.5. The molecule has 0 heterocycles. The van der Waals surface area contributed by atoms with E-state index in [0.717, 1.165) is 77.0 Å². The Bertz CT molecular complexity index is 370. The number of carboxylic acids is 2. The van der Waals surface area contributed by atoms with Crippen molar-refractivity contribution in [3.8, 4) is 0 Å². The second-order valence-corrected chi connectivity index (χ2v) is 8.60. The van der Waals surface area contributed by atoms with Crippen LogP contribution in [0.5, 0.6) is 0 Å². The van der Waals surface area contributed by atoms with Crippen LogP contribution in [0, 0.1) is 10.8 Å². The van der Waals surface area contributed by atoms with Crippen molar-refractivity contribution in [1.29, 1.82) is 0 Å². The Balaban J connectivity index is 6.13. The van der Waals surface area contributed by atoms with Crippen LogP contribution in [-0.2, 0) is 9.59 Å². The SMILES string of the molecule is CCCCCC(CCCCC)(C(=O)O)C(CCCCC)(CCCCC)C(=O)O. The number of rotatable bonds is 19. The number of aliphatic carboxylic acids is 2. The molecule has 0 amide bonds. The van der Waals surface area contributed by atoms with Crippen molar-refractivity contribution < 1.29 is 19.8 Å². The first-order valence-corrected chi connectivity index (χ1v) is 11.8.